The second-order valence-electron chi connectivity index (χ2n) is 8.94. The molecule has 4 rings (SSSR count). The Kier molecular flexibility index (Phi) is 6.63. The monoisotopic (exact) mass is 479 g/mol. The summed E-state index contributed by atoms with van der Waals surface area (Å²) in [5.41, 5.74) is 0.0442. The second-order valence-corrected chi connectivity index (χ2v) is 8.94. The average molecular weight is 479 g/mol. The number of non-ortho nitro benzene ring substituents is 1. The third-order valence-electron chi connectivity index (χ3n) is 6.65. The van der Waals surface area contributed by atoms with Gasteiger partial charge in [-0.15, -0.1) is 0 Å². The van der Waals surface area contributed by atoms with Gasteiger partial charge < -0.3 is 4.74 Å². The van der Waals surface area contributed by atoms with Crippen molar-refractivity contribution < 1.29 is 28.8 Å². The molecule has 1 aliphatic heterocycles. The zero-order valence-electron chi connectivity index (χ0n) is 19.4. The first kappa shape index (κ1) is 24.1. The normalized spacial score (nSPS) is 21.4. The minimum atomic E-state index is -0.774. The van der Waals surface area contributed by atoms with Crippen molar-refractivity contribution >= 4 is 29.2 Å². The highest BCUT2D eigenvalue weighted by atomic mass is 16.6. The molecule has 0 N–H and O–H groups in total. The van der Waals surface area contributed by atoms with Crippen LogP contribution in [0.2, 0.25) is 0 Å². The molecule has 1 saturated carbocycles. The van der Waals surface area contributed by atoms with Crippen LogP contribution >= 0.6 is 0 Å². The van der Waals surface area contributed by atoms with Crippen LogP contribution in [-0.2, 0) is 9.59 Å². The first-order valence-corrected chi connectivity index (χ1v) is 11.3. The molecule has 10 nitrogen and oxygen atoms in total. The van der Waals surface area contributed by atoms with Crippen molar-refractivity contribution in [3.05, 3.63) is 69.8 Å². The van der Waals surface area contributed by atoms with Gasteiger partial charge in [0.25, 0.3) is 23.4 Å². The molecule has 0 aromatic heterocycles. The minimum absolute atomic E-state index is 0.0119. The van der Waals surface area contributed by atoms with E-state index < -0.39 is 46.8 Å². The van der Waals surface area contributed by atoms with Crippen LogP contribution in [0.15, 0.2) is 48.5 Å². The minimum Gasteiger partial charge on any atom is -0.497 e. The van der Waals surface area contributed by atoms with Gasteiger partial charge in [-0.3, -0.25) is 29.3 Å². The Labute approximate surface area is 201 Å². The van der Waals surface area contributed by atoms with Crippen LogP contribution in [0.25, 0.3) is 0 Å². The van der Waals surface area contributed by atoms with E-state index in [9.17, 15) is 29.3 Å². The molecule has 0 unspecified atom stereocenters. The van der Waals surface area contributed by atoms with E-state index in [2.05, 4.69) is 0 Å². The maximum atomic E-state index is 13.5. The fourth-order valence-corrected chi connectivity index (χ4v) is 4.74. The van der Waals surface area contributed by atoms with Crippen LogP contribution in [0.5, 0.6) is 5.75 Å². The summed E-state index contributed by atoms with van der Waals surface area (Å²) in [6.45, 7) is 1.46. The number of ether oxygens (including phenoxy) is 1. The summed E-state index contributed by atoms with van der Waals surface area (Å²) in [7, 11) is 1.46. The summed E-state index contributed by atoms with van der Waals surface area (Å²) in [5.74, 6) is -2.63. The van der Waals surface area contributed by atoms with E-state index in [4.69, 9.17) is 4.74 Å². The molecule has 0 spiro atoms. The predicted molar refractivity (Wildman–Crippen MR) is 123 cm³/mol. The van der Waals surface area contributed by atoms with Gasteiger partial charge in [0, 0.05) is 23.3 Å². The van der Waals surface area contributed by atoms with Crippen LogP contribution < -0.4 is 4.74 Å². The van der Waals surface area contributed by atoms with E-state index in [-0.39, 0.29) is 22.7 Å². The molecule has 0 bridgehead atoms. The van der Waals surface area contributed by atoms with Crippen molar-refractivity contribution in [2.45, 2.75) is 26.2 Å². The Balaban J connectivity index is 1.69. The molecule has 182 valence electrons. The van der Waals surface area contributed by atoms with Crippen molar-refractivity contribution in [1.29, 1.82) is 0 Å². The number of nitrogens with zero attached hydrogens (tertiary/aromatic N) is 3. The number of rotatable bonds is 7. The number of methoxy groups -OCH3 is 1. The summed E-state index contributed by atoms with van der Waals surface area (Å²) in [5, 5.41) is 12.7. The molecular formula is C25H25N3O7. The number of fused-ring (bicyclic) bond motifs is 1. The lowest BCUT2D eigenvalue weighted by atomic mass is 9.76. The van der Waals surface area contributed by atoms with Gasteiger partial charge in [0.1, 0.15) is 12.3 Å². The van der Waals surface area contributed by atoms with Crippen LogP contribution in [0.1, 0.15) is 46.9 Å². The highest BCUT2D eigenvalue weighted by molar-refractivity contribution is 6.09. The number of hydrazine groups is 1. The van der Waals surface area contributed by atoms with E-state index in [0.717, 1.165) is 28.6 Å². The maximum Gasteiger partial charge on any atom is 0.273 e. The van der Waals surface area contributed by atoms with E-state index in [1.54, 1.807) is 18.2 Å². The van der Waals surface area contributed by atoms with Gasteiger partial charge >= 0.3 is 0 Å². The number of nitro benzene ring substituents is 1. The lowest BCUT2D eigenvalue weighted by molar-refractivity contribution is -0.384. The van der Waals surface area contributed by atoms with Crippen molar-refractivity contribution in [1.82, 2.24) is 10.0 Å². The largest absolute Gasteiger partial charge is 0.497 e. The lowest BCUT2D eigenvalue weighted by Crippen LogP contribution is -2.52. The predicted octanol–water partition coefficient (Wildman–Crippen LogP) is 3.26. The molecule has 35 heavy (non-hydrogen) atoms. The first-order valence-electron chi connectivity index (χ1n) is 11.3. The van der Waals surface area contributed by atoms with Crippen molar-refractivity contribution in [2.75, 3.05) is 13.7 Å². The van der Waals surface area contributed by atoms with E-state index >= 15 is 0 Å². The highest BCUT2D eigenvalue weighted by Crippen LogP contribution is 2.41. The zero-order chi connectivity index (χ0) is 25.3. The third kappa shape index (κ3) is 4.64. The number of imide groups is 1. The molecule has 2 aromatic rings. The van der Waals surface area contributed by atoms with Gasteiger partial charge in [-0.25, -0.2) is 5.01 Å². The van der Waals surface area contributed by atoms with Gasteiger partial charge in [0.05, 0.1) is 23.9 Å². The Morgan fingerprint density at radius 1 is 1.06 bits per heavy atom. The summed E-state index contributed by atoms with van der Waals surface area (Å²) in [6.07, 6.45) is 1.87. The molecular weight excluding hydrogens is 454 g/mol. The molecule has 1 saturated heterocycles. The highest BCUT2D eigenvalue weighted by Gasteiger charge is 2.52. The number of carbonyl (C=O) groups is 4. The molecule has 0 radical (unpaired) electrons. The Bertz CT molecular complexity index is 1190. The third-order valence-corrected chi connectivity index (χ3v) is 6.65. The van der Waals surface area contributed by atoms with Crippen molar-refractivity contribution in [2.24, 2.45) is 17.8 Å². The SMILES string of the molecule is COc1cccc(C(=O)CN(C(=O)c2ccc([N+](=O)[O-])cc2)N2C(=O)[C@@H]3CC[C@@H](C)C[C@H]3C2=O)c1. The smallest absolute Gasteiger partial charge is 0.273 e. The van der Waals surface area contributed by atoms with Crippen LogP contribution in [0.4, 0.5) is 5.69 Å². The summed E-state index contributed by atoms with van der Waals surface area (Å²) >= 11 is 0. The molecule has 2 aromatic carbocycles. The average Bonchev–Trinajstić information content (AvgIpc) is 3.11. The molecule has 2 fully saturated rings. The molecule has 2 aliphatic rings. The molecule has 3 amide bonds. The number of hydrogen-bond acceptors (Lipinski definition) is 7. The fraction of sp³-hybridized carbons (Fsp3) is 0.360. The zero-order valence-corrected chi connectivity index (χ0v) is 19.4. The quantitative estimate of drug-likeness (QED) is 0.258. The second kappa shape index (κ2) is 9.65. The maximum absolute atomic E-state index is 13.5. The number of carbonyl (C=O) groups excluding carboxylic acids is 4. The fourth-order valence-electron chi connectivity index (χ4n) is 4.74. The van der Waals surface area contributed by atoms with Crippen molar-refractivity contribution in [3.8, 4) is 5.75 Å². The van der Waals surface area contributed by atoms with Crippen LogP contribution in [-0.4, -0.2) is 52.1 Å². The van der Waals surface area contributed by atoms with Gasteiger partial charge in [-0.2, -0.15) is 5.01 Å². The van der Waals surface area contributed by atoms with Gasteiger partial charge in [-0.05, 0) is 49.4 Å². The summed E-state index contributed by atoms with van der Waals surface area (Å²) < 4.78 is 5.16. The topological polar surface area (TPSA) is 127 Å². The van der Waals surface area contributed by atoms with Crippen LogP contribution in [0.3, 0.4) is 0 Å². The van der Waals surface area contributed by atoms with Gasteiger partial charge in [0.2, 0.25) is 0 Å². The number of benzene rings is 2. The van der Waals surface area contributed by atoms with E-state index in [1.165, 1.54) is 25.3 Å². The van der Waals surface area contributed by atoms with E-state index in [1.807, 2.05) is 6.92 Å². The Hall–Kier alpha value is -4.08. The molecule has 1 aliphatic carbocycles. The Morgan fingerprint density at radius 2 is 1.74 bits per heavy atom. The number of Topliss-reactive ketones (excluding diaryl/α,β-unsaturated/α-hetero) is 1. The molecule has 10 heteroatoms. The lowest BCUT2D eigenvalue weighted by Gasteiger charge is -2.30. The first-order chi connectivity index (χ1) is 16.7. The summed E-state index contributed by atoms with van der Waals surface area (Å²) in [4.78, 5) is 63.7. The standard InChI is InChI=1S/C25H25N3O7/c1-15-6-11-20-21(12-15)25(32)27(24(20)31)26(14-22(29)17-4-3-5-19(13-17)35-2)23(30)16-7-9-18(10-8-16)28(33)34/h3-5,7-10,13,15,20-21H,6,11-12,14H2,1-2H3/t15-,20-,21-/m1/s1. The summed E-state index contributed by atoms with van der Waals surface area (Å²) in [6, 6.07) is 11.1. The molecule has 1 heterocycles. The van der Waals surface area contributed by atoms with Gasteiger partial charge in [0.15, 0.2) is 5.78 Å². The van der Waals surface area contributed by atoms with Crippen molar-refractivity contribution in [3.63, 3.8) is 0 Å². The number of nitro groups is 1. The van der Waals surface area contributed by atoms with E-state index in [0.29, 0.717) is 18.6 Å². The van der Waals surface area contributed by atoms with Crippen LogP contribution in [0, 0.1) is 27.9 Å². The number of ketones is 1. The van der Waals surface area contributed by atoms with Gasteiger partial charge in [-0.1, -0.05) is 19.1 Å². The number of hydrogen-bond donors (Lipinski definition) is 0. The number of amides is 3. The Morgan fingerprint density at radius 3 is 2.40 bits per heavy atom. The molecule has 3 atom stereocenters.